The molecule has 0 saturated carbocycles. The predicted molar refractivity (Wildman–Crippen MR) is 92.7 cm³/mol. The molecule has 0 spiro atoms. The van der Waals surface area contributed by atoms with Crippen LogP contribution in [0.5, 0.6) is 0 Å². The third-order valence-electron chi connectivity index (χ3n) is 3.43. The van der Waals surface area contributed by atoms with E-state index in [0.717, 1.165) is 37.0 Å². The first-order valence-corrected chi connectivity index (χ1v) is 9.36. The Morgan fingerprint density at radius 2 is 1.55 bits per heavy atom. The summed E-state index contributed by atoms with van der Waals surface area (Å²) in [6.45, 7) is 10.4. The van der Waals surface area contributed by atoms with Crippen molar-refractivity contribution >= 4 is 15.7 Å². The summed E-state index contributed by atoms with van der Waals surface area (Å²) in [7, 11) is -3.59. The van der Waals surface area contributed by atoms with Crippen molar-refractivity contribution in [1.82, 2.24) is 4.83 Å². The van der Waals surface area contributed by atoms with Crippen LogP contribution in [0.15, 0.2) is 34.3 Å². The predicted octanol–water partition coefficient (Wildman–Crippen LogP) is 4.22. The molecular weight excluding hydrogens is 296 g/mol. The number of hydrogen-bond donors (Lipinski definition) is 1. The standard InChI is InChI=1S/C17H28N2O2S/c1-6-8-15(9-7-2)18-19-22(20,21)16-12-10-14(11-13-16)17(3,4)5/h10-13,19H,6-9H2,1-5H3. The number of nitrogens with zero attached hydrogens (tertiary/aromatic N) is 1. The largest absolute Gasteiger partial charge is 0.276 e. The van der Waals surface area contributed by atoms with Crippen LogP contribution in [0, 0.1) is 0 Å². The second-order valence-corrected chi connectivity index (χ2v) is 8.21. The molecule has 0 aliphatic rings. The van der Waals surface area contributed by atoms with Crippen LogP contribution in [0.3, 0.4) is 0 Å². The van der Waals surface area contributed by atoms with Crippen molar-refractivity contribution in [2.45, 2.75) is 70.6 Å². The molecule has 0 bridgehead atoms. The van der Waals surface area contributed by atoms with Gasteiger partial charge in [-0.25, -0.2) is 4.83 Å². The lowest BCUT2D eigenvalue weighted by molar-refractivity contribution is 0.580. The van der Waals surface area contributed by atoms with Gasteiger partial charge in [0.1, 0.15) is 0 Å². The second kappa shape index (κ2) is 7.77. The number of rotatable bonds is 7. The van der Waals surface area contributed by atoms with E-state index in [4.69, 9.17) is 0 Å². The number of nitrogens with one attached hydrogen (secondary N) is 1. The van der Waals surface area contributed by atoms with E-state index >= 15 is 0 Å². The van der Waals surface area contributed by atoms with Crippen molar-refractivity contribution in [3.8, 4) is 0 Å². The van der Waals surface area contributed by atoms with E-state index in [1.807, 2.05) is 12.1 Å². The van der Waals surface area contributed by atoms with Gasteiger partial charge in [-0.2, -0.15) is 13.5 Å². The molecule has 22 heavy (non-hydrogen) atoms. The summed E-state index contributed by atoms with van der Waals surface area (Å²) >= 11 is 0. The van der Waals surface area contributed by atoms with E-state index in [9.17, 15) is 8.42 Å². The molecular formula is C17H28N2O2S. The minimum absolute atomic E-state index is 0.00327. The Morgan fingerprint density at radius 1 is 1.05 bits per heavy atom. The van der Waals surface area contributed by atoms with Crippen LogP contribution in [0.25, 0.3) is 0 Å². The quantitative estimate of drug-likeness (QED) is 0.603. The Morgan fingerprint density at radius 3 is 1.95 bits per heavy atom. The van der Waals surface area contributed by atoms with Crippen LogP contribution in [0.4, 0.5) is 0 Å². The van der Waals surface area contributed by atoms with Crippen molar-refractivity contribution in [2.24, 2.45) is 5.10 Å². The first kappa shape index (κ1) is 18.7. The third kappa shape index (κ3) is 5.44. The molecule has 0 aromatic heterocycles. The highest BCUT2D eigenvalue weighted by Crippen LogP contribution is 2.23. The average molecular weight is 324 g/mol. The van der Waals surface area contributed by atoms with Crippen LogP contribution in [0.2, 0.25) is 0 Å². The summed E-state index contributed by atoms with van der Waals surface area (Å²) in [5.41, 5.74) is 2.01. The normalized spacial score (nSPS) is 12.0. The van der Waals surface area contributed by atoms with Crippen LogP contribution >= 0.6 is 0 Å². The fraction of sp³-hybridized carbons (Fsp3) is 0.588. The van der Waals surface area contributed by atoms with Gasteiger partial charge in [0, 0.05) is 5.71 Å². The lowest BCUT2D eigenvalue weighted by atomic mass is 9.87. The number of hydrazone groups is 1. The molecule has 124 valence electrons. The maximum atomic E-state index is 12.3. The molecule has 0 radical (unpaired) electrons. The zero-order chi connectivity index (χ0) is 16.8. The molecule has 0 aliphatic carbocycles. The van der Waals surface area contributed by atoms with E-state index in [2.05, 4.69) is 44.6 Å². The lowest BCUT2D eigenvalue weighted by Gasteiger charge is -2.19. The van der Waals surface area contributed by atoms with Crippen LogP contribution in [-0.4, -0.2) is 14.1 Å². The molecule has 0 unspecified atom stereocenters. The maximum Gasteiger partial charge on any atom is 0.276 e. The Bertz CT molecular complexity index is 589. The Hall–Kier alpha value is -1.36. The highest BCUT2D eigenvalue weighted by atomic mass is 32.2. The first-order chi connectivity index (χ1) is 10.2. The molecule has 1 N–H and O–H groups in total. The molecule has 1 aromatic carbocycles. The van der Waals surface area contributed by atoms with Gasteiger partial charge in [-0.1, -0.05) is 59.6 Å². The third-order valence-corrected chi connectivity index (χ3v) is 4.66. The van der Waals surface area contributed by atoms with Gasteiger partial charge in [-0.3, -0.25) is 0 Å². The number of benzene rings is 1. The Balaban J connectivity index is 2.92. The molecule has 0 fully saturated rings. The van der Waals surface area contributed by atoms with Crippen molar-refractivity contribution in [3.05, 3.63) is 29.8 Å². The molecule has 0 aliphatic heterocycles. The highest BCUT2D eigenvalue weighted by Gasteiger charge is 2.17. The van der Waals surface area contributed by atoms with Crippen molar-refractivity contribution in [3.63, 3.8) is 0 Å². The fourth-order valence-electron chi connectivity index (χ4n) is 2.13. The molecule has 5 heteroatoms. The molecule has 4 nitrogen and oxygen atoms in total. The maximum absolute atomic E-state index is 12.3. The highest BCUT2D eigenvalue weighted by molar-refractivity contribution is 7.89. The van der Waals surface area contributed by atoms with E-state index < -0.39 is 10.0 Å². The van der Waals surface area contributed by atoms with Gasteiger partial charge in [0.15, 0.2) is 0 Å². The van der Waals surface area contributed by atoms with E-state index in [-0.39, 0.29) is 10.3 Å². The van der Waals surface area contributed by atoms with Crippen LogP contribution < -0.4 is 4.83 Å². The van der Waals surface area contributed by atoms with Gasteiger partial charge in [-0.05, 0) is 36.0 Å². The minimum Gasteiger partial charge on any atom is -0.200 e. The molecule has 0 atom stereocenters. The van der Waals surface area contributed by atoms with Gasteiger partial charge in [-0.15, -0.1) is 0 Å². The van der Waals surface area contributed by atoms with Gasteiger partial charge in [0.05, 0.1) is 4.90 Å². The van der Waals surface area contributed by atoms with Crippen LogP contribution in [0.1, 0.15) is 65.9 Å². The SMILES string of the molecule is CCCC(CCC)=NNS(=O)(=O)c1ccc(C(C)(C)C)cc1. The monoisotopic (exact) mass is 324 g/mol. The molecule has 1 aromatic rings. The van der Waals surface area contributed by atoms with Crippen molar-refractivity contribution in [1.29, 1.82) is 0 Å². The average Bonchev–Trinajstić information content (AvgIpc) is 2.44. The first-order valence-electron chi connectivity index (χ1n) is 7.88. The van der Waals surface area contributed by atoms with Gasteiger partial charge >= 0.3 is 0 Å². The summed E-state index contributed by atoms with van der Waals surface area (Å²) in [4.78, 5) is 2.61. The summed E-state index contributed by atoms with van der Waals surface area (Å²) in [6.07, 6.45) is 3.56. The van der Waals surface area contributed by atoms with Crippen LogP contribution in [-0.2, 0) is 15.4 Å². The number of hydrogen-bond acceptors (Lipinski definition) is 3. The smallest absolute Gasteiger partial charge is 0.200 e. The van der Waals surface area contributed by atoms with E-state index in [1.165, 1.54) is 0 Å². The molecule has 0 amide bonds. The zero-order valence-corrected chi connectivity index (χ0v) is 15.1. The Labute approximate surface area is 135 Å². The van der Waals surface area contributed by atoms with Gasteiger partial charge < -0.3 is 0 Å². The molecule has 1 rings (SSSR count). The van der Waals surface area contributed by atoms with Crippen molar-refractivity contribution < 1.29 is 8.42 Å². The zero-order valence-electron chi connectivity index (χ0n) is 14.3. The summed E-state index contributed by atoms with van der Waals surface area (Å²) in [5, 5.41) is 4.10. The molecule has 0 saturated heterocycles. The summed E-state index contributed by atoms with van der Waals surface area (Å²) < 4.78 is 24.6. The summed E-state index contributed by atoms with van der Waals surface area (Å²) in [5.74, 6) is 0. The summed E-state index contributed by atoms with van der Waals surface area (Å²) in [6, 6.07) is 6.99. The lowest BCUT2D eigenvalue weighted by Crippen LogP contribution is -2.20. The minimum atomic E-state index is -3.59. The van der Waals surface area contributed by atoms with E-state index in [1.54, 1.807) is 12.1 Å². The van der Waals surface area contributed by atoms with E-state index in [0.29, 0.717) is 0 Å². The van der Waals surface area contributed by atoms with Crippen molar-refractivity contribution in [2.75, 3.05) is 0 Å². The fourth-order valence-corrected chi connectivity index (χ4v) is 2.97. The molecule has 0 heterocycles. The second-order valence-electron chi connectivity index (χ2n) is 6.55. The van der Waals surface area contributed by atoms with Gasteiger partial charge in [0.25, 0.3) is 10.0 Å². The van der Waals surface area contributed by atoms with Gasteiger partial charge in [0.2, 0.25) is 0 Å². The number of sulfonamides is 1. The topological polar surface area (TPSA) is 58.5 Å². The Kier molecular flexibility index (Phi) is 6.60.